The van der Waals surface area contributed by atoms with Gasteiger partial charge in [-0.15, -0.1) is 0 Å². The number of likely N-dealkylation sites (tertiary alicyclic amines) is 1. The number of nitrogens with zero attached hydrogens (tertiary/aromatic N) is 2. The Labute approximate surface area is 120 Å². The molecule has 0 aromatic carbocycles. The zero-order valence-corrected chi connectivity index (χ0v) is 11.8. The fourth-order valence-corrected chi connectivity index (χ4v) is 2.47. The van der Waals surface area contributed by atoms with Crippen LogP contribution < -0.4 is 5.73 Å². The number of carbonyl (C=O) groups excluding carboxylic acids is 1. The number of nitrogens with one attached hydrogen (secondary N) is 1. The fraction of sp³-hybridized carbons (Fsp3) is 0.692. The van der Waals surface area contributed by atoms with Crippen molar-refractivity contribution in [1.29, 1.82) is 0 Å². The molecule has 0 aliphatic carbocycles. The first-order valence-corrected chi connectivity index (χ1v) is 6.94. The summed E-state index contributed by atoms with van der Waals surface area (Å²) >= 11 is 0. The lowest BCUT2D eigenvalue weighted by atomic mass is 9.95. The zero-order chi connectivity index (χ0) is 15.6. The van der Waals surface area contributed by atoms with Crippen molar-refractivity contribution in [1.82, 2.24) is 14.9 Å². The number of hydrogen-bond donors (Lipinski definition) is 2. The molecule has 1 aliphatic rings. The first kappa shape index (κ1) is 15.8. The number of aromatic amines is 1. The second kappa shape index (κ2) is 6.05. The van der Waals surface area contributed by atoms with E-state index < -0.39 is 11.9 Å². The Kier molecular flexibility index (Phi) is 4.55. The average Bonchev–Trinajstić information content (AvgIpc) is 2.95. The molecule has 0 spiro atoms. The highest BCUT2D eigenvalue weighted by atomic mass is 19.4. The number of alkyl halides is 3. The third-order valence-electron chi connectivity index (χ3n) is 3.87. The highest BCUT2D eigenvalue weighted by molar-refractivity contribution is 5.78. The minimum absolute atomic E-state index is 0.00590. The van der Waals surface area contributed by atoms with Crippen LogP contribution in [0.1, 0.15) is 37.2 Å². The second-order valence-electron chi connectivity index (χ2n) is 5.42. The standard InChI is InChI=1S/C13H19F3N4O/c1-8(6-17)12(21)20-4-2-9(3-5-20)11-18-7-10(19-11)13(14,15)16/h7-9H,2-6,17H2,1H3,(H,18,19). The summed E-state index contributed by atoms with van der Waals surface area (Å²) < 4.78 is 37.6. The molecule has 118 valence electrons. The molecule has 3 N–H and O–H groups in total. The van der Waals surface area contributed by atoms with E-state index in [1.54, 1.807) is 11.8 Å². The van der Waals surface area contributed by atoms with Gasteiger partial charge in [0.25, 0.3) is 0 Å². The Bertz CT molecular complexity index is 492. The van der Waals surface area contributed by atoms with Gasteiger partial charge in [-0.2, -0.15) is 13.2 Å². The molecular weight excluding hydrogens is 285 g/mol. The Balaban J connectivity index is 1.95. The molecule has 0 radical (unpaired) electrons. The van der Waals surface area contributed by atoms with Crippen LogP contribution in [-0.2, 0) is 11.0 Å². The van der Waals surface area contributed by atoms with Crippen LogP contribution in [0.25, 0.3) is 0 Å². The minimum Gasteiger partial charge on any atom is -0.342 e. The molecule has 1 fully saturated rings. The summed E-state index contributed by atoms with van der Waals surface area (Å²) in [5, 5.41) is 0. The highest BCUT2D eigenvalue weighted by Gasteiger charge is 2.34. The smallest absolute Gasteiger partial charge is 0.342 e. The largest absolute Gasteiger partial charge is 0.432 e. The van der Waals surface area contributed by atoms with E-state index in [0.717, 1.165) is 6.20 Å². The summed E-state index contributed by atoms with van der Waals surface area (Å²) in [5.41, 5.74) is 4.65. The molecule has 1 unspecified atom stereocenters. The number of nitrogens with two attached hydrogens (primary N) is 1. The summed E-state index contributed by atoms with van der Waals surface area (Å²) in [4.78, 5) is 19.9. The third-order valence-corrected chi connectivity index (χ3v) is 3.87. The van der Waals surface area contributed by atoms with Gasteiger partial charge in [0.2, 0.25) is 5.91 Å². The number of imidazole rings is 1. The lowest BCUT2D eigenvalue weighted by Gasteiger charge is -2.32. The molecule has 2 rings (SSSR count). The van der Waals surface area contributed by atoms with Crippen LogP contribution in [-0.4, -0.2) is 40.4 Å². The maximum absolute atomic E-state index is 12.5. The zero-order valence-electron chi connectivity index (χ0n) is 11.8. The van der Waals surface area contributed by atoms with Crippen molar-refractivity contribution in [2.75, 3.05) is 19.6 Å². The van der Waals surface area contributed by atoms with Crippen LogP contribution in [0.15, 0.2) is 6.20 Å². The molecule has 1 atom stereocenters. The highest BCUT2D eigenvalue weighted by Crippen LogP contribution is 2.31. The van der Waals surface area contributed by atoms with Crippen molar-refractivity contribution < 1.29 is 18.0 Å². The maximum Gasteiger partial charge on any atom is 0.432 e. The van der Waals surface area contributed by atoms with Gasteiger partial charge in [0.15, 0.2) is 0 Å². The van der Waals surface area contributed by atoms with Gasteiger partial charge < -0.3 is 15.6 Å². The van der Waals surface area contributed by atoms with Gasteiger partial charge >= 0.3 is 6.18 Å². The van der Waals surface area contributed by atoms with E-state index >= 15 is 0 Å². The van der Waals surface area contributed by atoms with Crippen LogP contribution in [0.3, 0.4) is 0 Å². The summed E-state index contributed by atoms with van der Waals surface area (Å²) in [7, 11) is 0. The predicted molar refractivity (Wildman–Crippen MR) is 70.4 cm³/mol. The summed E-state index contributed by atoms with van der Waals surface area (Å²) in [6.07, 6.45) is -2.37. The van der Waals surface area contributed by atoms with Crippen molar-refractivity contribution in [2.24, 2.45) is 11.7 Å². The van der Waals surface area contributed by atoms with Gasteiger partial charge in [0, 0.05) is 31.5 Å². The van der Waals surface area contributed by atoms with Gasteiger partial charge in [0.05, 0.1) is 6.20 Å². The van der Waals surface area contributed by atoms with E-state index in [9.17, 15) is 18.0 Å². The molecule has 21 heavy (non-hydrogen) atoms. The van der Waals surface area contributed by atoms with Crippen LogP contribution in [0, 0.1) is 5.92 Å². The molecule has 1 saturated heterocycles. The van der Waals surface area contributed by atoms with Gasteiger partial charge in [0.1, 0.15) is 11.5 Å². The fourth-order valence-electron chi connectivity index (χ4n) is 2.47. The lowest BCUT2D eigenvalue weighted by Crippen LogP contribution is -2.42. The molecular formula is C13H19F3N4O. The number of hydrogen-bond acceptors (Lipinski definition) is 3. The van der Waals surface area contributed by atoms with Crippen LogP contribution in [0.5, 0.6) is 0 Å². The molecule has 5 nitrogen and oxygen atoms in total. The number of piperidine rings is 1. The van der Waals surface area contributed by atoms with Crippen molar-refractivity contribution in [2.45, 2.75) is 31.9 Å². The van der Waals surface area contributed by atoms with E-state index in [1.807, 2.05) is 0 Å². The summed E-state index contributed by atoms with van der Waals surface area (Å²) in [5.74, 6) is 0.0630. The van der Waals surface area contributed by atoms with Crippen molar-refractivity contribution >= 4 is 5.91 Å². The Morgan fingerprint density at radius 3 is 2.62 bits per heavy atom. The molecule has 1 aromatic heterocycles. The maximum atomic E-state index is 12.5. The minimum atomic E-state index is -4.40. The molecule has 0 bridgehead atoms. The quantitative estimate of drug-likeness (QED) is 0.893. The van der Waals surface area contributed by atoms with E-state index in [0.29, 0.717) is 38.3 Å². The molecule has 2 heterocycles. The number of rotatable bonds is 3. The van der Waals surface area contributed by atoms with Gasteiger partial charge in [-0.3, -0.25) is 4.79 Å². The molecule has 1 amide bonds. The van der Waals surface area contributed by atoms with Crippen LogP contribution in [0.2, 0.25) is 0 Å². The van der Waals surface area contributed by atoms with E-state index in [1.165, 1.54) is 0 Å². The van der Waals surface area contributed by atoms with Crippen LogP contribution in [0.4, 0.5) is 13.2 Å². The van der Waals surface area contributed by atoms with Crippen molar-refractivity contribution in [3.8, 4) is 0 Å². The number of H-pyrrole nitrogens is 1. The SMILES string of the molecule is CC(CN)C(=O)N1CCC(c2ncc(C(F)(F)F)[nH]2)CC1. The van der Waals surface area contributed by atoms with Crippen molar-refractivity contribution in [3.05, 3.63) is 17.7 Å². The molecule has 1 aliphatic heterocycles. The van der Waals surface area contributed by atoms with Gasteiger partial charge in [-0.05, 0) is 12.8 Å². The second-order valence-corrected chi connectivity index (χ2v) is 5.42. The number of aromatic nitrogens is 2. The Morgan fingerprint density at radius 1 is 1.52 bits per heavy atom. The normalized spacial score (nSPS) is 18.8. The topological polar surface area (TPSA) is 75.0 Å². The monoisotopic (exact) mass is 304 g/mol. The predicted octanol–water partition coefficient (Wildman–Crippen LogP) is 1.73. The molecule has 0 saturated carbocycles. The van der Waals surface area contributed by atoms with Gasteiger partial charge in [-0.25, -0.2) is 4.98 Å². The molecule has 1 aromatic rings. The number of amides is 1. The van der Waals surface area contributed by atoms with Crippen LogP contribution >= 0.6 is 0 Å². The summed E-state index contributed by atoms with van der Waals surface area (Å²) in [6, 6.07) is 0. The molecule has 8 heteroatoms. The number of carbonyl (C=O) groups is 1. The van der Waals surface area contributed by atoms with E-state index in [4.69, 9.17) is 5.73 Å². The first-order valence-electron chi connectivity index (χ1n) is 6.94. The number of halogens is 3. The van der Waals surface area contributed by atoms with Crippen molar-refractivity contribution in [3.63, 3.8) is 0 Å². The van der Waals surface area contributed by atoms with Gasteiger partial charge in [-0.1, -0.05) is 6.92 Å². The van der Waals surface area contributed by atoms with E-state index in [2.05, 4.69) is 9.97 Å². The Morgan fingerprint density at radius 2 is 2.14 bits per heavy atom. The average molecular weight is 304 g/mol. The summed E-state index contributed by atoms with van der Waals surface area (Å²) in [6.45, 7) is 3.12. The lowest BCUT2D eigenvalue weighted by molar-refractivity contribution is -0.141. The third kappa shape index (κ3) is 3.55. The first-order chi connectivity index (χ1) is 9.82. The Hall–Kier alpha value is -1.57. The van der Waals surface area contributed by atoms with E-state index in [-0.39, 0.29) is 17.7 Å².